The lowest BCUT2D eigenvalue weighted by molar-refractivity contribution is -0.119. The molecule has 2 unspecified atom stereocenters. The number of carbonyl (C=O) groups excluding carboxylic acids is 1. The van der Waals surface area contributed by atoms with E-state index in [1.165, 1.54) is 6.07 Å². The molecule has 0 saturated carbocycles. The van der Waals surface area contributed by atoms with Gasteiger partial charge in [0.25, 0.3) is 0 Å². The molecule has 1 fully saturated rings. The van der Waals surface area contributed by atoms with E-state index in [9.17, 15) is 9.18 Å². The van der Waals surface area contributed by atoms with Crippen molar-refractivity contribution in [3.8, 4) is 0 Å². The third kappa shape index (κ3) is 3.10. The molecule has 1 saturated heterocycles. The lowest BCUT2D eigenvalue weighted by Crippen LogP contribution is -2.51. The molecule has 2 aromatic rings. The summed E-state index contributed by atoms with van der Waals surface area (Å²) >= 11 is 0. The van der Waals surface area contributed by atoms with Gasteiger partial charge in [0.05, 0.1) is 6.04 Å². The summed E-state index contributed by atoms with van der Waals surface area (Å²) in [4.78, 5) is 11.6. The molecule has 6 heteroatoms. The summed E-state index contributed by atoms with van der Waals surface area (Å²) in [5, 5.41) is 3.09. The highest BCUT2D eigenvalue weighted by atomic mass is 28.3. The maximum Gasteiger partial charge on any atom is 0.220 e. The van der Waals surface area contributed by atoms with Gasteiger partial charge in [0, 0.05) is 29.1 Å². The Morgan fingerprint density at radius 3 is 2.21 bits per heavy atom. The quantitative estimate of drug-likeness (QED) is 0.578. The van der Waals surface area contributed by atoms with Crippen molar-refractivity contribution >= 4 is 25.0 Å². The van der Waals surface area contributed by atoms with Crippen LogP contribution in [0.2, 0.25) is 16.6 Å². The summed E-state index contributed by atoms with van der Waals surface area (Å²) < 4.78 is 32.7. The fourth-order valence-corrected chi connectivity index (χ4v) is 12.3. The number of hydrogen-bond donors (Lipinski definition) is 1. The second kappa shape index (κ2) is 7.62. The molecule has 1 aliphatic heterocycles. The Morgan fingerprint density at radius 2 is 1.71 bits per heavy atom. The molecule has 0 spiro atoms. The van der Waals surface area contributed by atoms with Crippen LogP contribution in [0.3, 0.4) is 0 Å². The number of aromatic nitrogens is 1. The largest absolute Gasteiger partial charge is 0.373 e. The van der Waals surface area contributed by atoms with Crippen molar-refractivity contribution in [3.63, 3.8) is 0 Å². The zero-order valence-corrected chi connectivity index (χ0v) is 18.7. The normalized spacial score (nSPS) is 19.2. The molecule has 1 aliphatic rings. The fourth-order valence-electron chi connectivity index (χ4n) is 5.71. The van der Waals surface area contributed by atoms with Crippen LogP contribution in [0.1, 0.15) is 66.1 Å². The molecule has 1 aromatic heterocycles. The van der Waals surface area contributed by atoms with Crippen molar-refractivity contribution in [1.29, 1.82) is 0 Å². The lowest BCUT2D eigenvalue weighted by Gasteiger charge is -2.44. The van der Waals surface area contributed by atoms with Crippen molar-refractivity contribution in [2.24, 2.45) is 0 Å². The standard InChI is InChI=1S/C22H32F2N2OSi/c1-13(2)28(14(3)4,15(5)6)26-12-16(21-17(23)8-7-9-19(21)26)22(24)18-10-11-20(27)25-18/h7-9,12-15,18,22H,10-11H2,1-6H3,(H,25,27). The van der Waals surface area contributed by atoms with Crippen LogP contribution >= 0.6 is 0 Å². The Balaban J connectivity index is 2.27. The summed E-state index contributed by atoms with van der Waals surface area (Å²) in [5.74, 6) is -0.524. The third-order valence-electron chi connectivity index (χ3n) is 6.68. The van der Waals surface area contributed by atoms with Crippen molar-refractivity contribution < 1.29 is 13.6 Å². The van der Waals surface area contributed by atoms with Crippen molar-refractivity contribution in [2.45, 2.75) is 83.2 Å². The van der Waals surface area contributed by atoms with Crippen LogP contribution in [0.5, 0.6) is 0 Å². The van der Waals surface area contributed by atoms with E-state index in [4.69, 9.17) is 0 Å². The zero-order valence-electron chi connectivity index (χ0n) is 17.7. The zero-order chi connectivity index (χ0) is 20.8. The molecule has 0 bridgehead atoms. The Bertz CT molecular complexity index is 853. The second-order valence-corrected chi connectivity index (χ2v) is 14.8. The van der Waals surface area contributed by atoms with E-state index in [0.717, 1.165) is 5.52 Å². The summed E-state index contributed by atoms with van der Waals surface area (Å²) in [5.41, 5.74) is 2.37. The fraction of sp³-hybridized carbons (Fsp3) is 0.591. The molecule has 154 valence electrons. The Morgan fingerprint density at radius 1 is 1.11 bits per heavy atom. The molecule has 0 aliphatic carbocycles. The molecule has 2 atom stereocenters. The Labute approximate surface area is 167 Å². The highest BCUT2D eigenvalue weighted by Crippen LogP contribution is 2.46. The van der Waals surface area contributed by atoms with E-state index in [1.807, 2.05) is 12.3 Å². The molecular formula is C22H32F2N2OSi. The first-order chi connectivity index (χ1) is 13.1. The summed E-state index contributed by atoms with van der Waals surface area (Å²) in [7, 11) is -2.17. The van der Waals surface area contributed by atoms with Gasteiger partial charge in [0.2, 0.25) is 5.91 Å². The van der Waals surface area contributed by atoms with E-state index in [2.05, 4.69) is 51.1 Å². The van der Waals surface area contributed by atoms with Gasteiger partial charge in [0.15, 0.2) is 8.24 Å². The molecule has 1 aromatic carbocycles. The van der Waals surface area contributed by atoms with Crippen LogP contribution in [0.15, 0.2) is 24.4 Å². The van der Waals surface area contributed by atoms with Crippen LogP contribution in [0, 0.1) is 5.82 Å². The highest BCUT2D eigenvalue weighted by molar-refractivity contribution is 6.82. The minimum Gasteiger partial charge on any atom is -0.373 e. The maximum absolute atomic E-state index is 15.5. The van der Waals surface area contributed by atoms with Gasteiger partial charge >= 0.3 is 0 Å². The van der Waals surface area contributed by atoms with E-state index in [1.54, 1.807) is 6.07 Å². The van der Waals surface area contributed by atoms with E-state index in [0.29, 0.717) is 40.4 Å². The number of halogens is 2. The molecule has 2 heterocycles. The average molecular weight is 407 g/mol. The van der Waals surface area contributed by atoms with Crippen LogP contribution in [-0.4, -0.2) is 24.4 Å². The number of rotatable bonds is 6. The third-order valence-corrected chi connectivity index (χ3v) is 13.4. The van der Waals surface area contributed by atoms with Gasteiger partial charge in [-0.15, -0.1) is 0 Å². The van der Waals surface area contributed by atoms with Crippen LogP contribution in [0.4, 0.5) is 8.78 Å². The van der Waals surface area contributed by atoms with E-state index in [-0.39, 0.29) is 5.91 Å². The maximum atomic E-state index is 15.5. The number of amides is 1. The minimum absolute atomic E-state index is 0.132. The van der Waals surface area contributed by atoms with Gasteiger partial charge in [-0.05, 0) is 35.2 Å². The number of alkyl halides is 1. The van der Waals surface area contributed by atoms with Gasteiger partial charge in [-0.25, -0.2) is 8.78 Å². The topological polar surface area (TPSA) is 34.0 Å². The van der Waals surface area contributed by atoms with Gasteiger partial charge in [-0.1, -0.05) is 47.6 Å². The molecular weight excluding hydrogens is 374 g/mol. The number of nitrogens with zero attached hydrogens (tertiary/aromatic N) is 1. The molecule has 3 nitrogen and oxygen atoms in total. The molecule has 0 radical (unpaired) electrons. The first-order valence-corrected chi connectivity index (χ1v) is 12.5. The van der Waals surface area contributed by atoms with Crippen LogP contribution in [-0.2, 0) is 4.79 Å². The van der Waals surface area contributed by atoms with Crippen LogP contribution in [0.25, 0.3) is 10.9 Å². The minimum atomic E-state index is -2.17. The average Bonchev–Trinajstić information content (AvgIpc) is 3.19. The van der Waals surface area contributed by atoms with Gasteiger partial charge in [-0.2, -0.15) is 0 Å². The number of benzene rings is 1. The summed E-state index contributed by atoms with van der Waals surface area (Å²) in [6.45, 7) is 13.4. The monoisotopic (exact) mass is 406 g/mol. The van der Waals surface area contributed by atoms with E-state index >= 15 is 4.39 Å². The summed E-state index contributed by atoms with van der Waals surface area (Å²) in [6, 6.07) is 4.44. The number of nitrogens with one attached hydrogen (secondary N) is 1. The summed E-state index contributed by atoms with van der Waals surface area (Å²) in [6.07, 6.45) is 1.23. The molecule has 1 N–H and O–H groups in total. The first kappa shape index (κ1) is 21.0. The predicted molar refractivity (Wildman–Crippen MR) is 113 cm³/mol. The van der Waals surface area contributed by atoms with Crippen molar-refractivity contribution in [3.05, 3.63) is 35.8 Å². The first-order valence-electron chi connectivity index (χ1n) is 10.4. The van der Waals surface area contributed by atoms with Gasteiger partial charge < -0.3 is 9.55 Å². The van der Waals surface area contributed by atoms with Crippen LogP contribution < -0.4 is 5.32 Å². The SMILES string of the molecule is CC(C)[Si](C(C)C)(C(C)C)n1cc(C(F)C2CCC(=O)N2)c2c(F)cccc21. The van der Waals surface area contributed by atoms with E-state index < -0.39 is 26.3 Å². The predicted octanol–water partition coefficient (Wildman–Crippen LogP) is 6.09. The molecule has 3 rings (SSSR count). The lowest BCUT2D eigenvalue weighted by atomic mass is 10.0. The van der Waals surface area contributed by atoms with Gasteiger partial charge in [0.1, 0.15) is 12.0 Å². The number of hydrogen-bond acceptors (Lipinski definition) is 1. The van der Waals surface area contributed by atoms with Crippen molar-refractivity contribution in [1.82, 2.24) is 9.55 Å². The molecule has 28 heavy (non-hydrogen) atoms. The highest BCUT2D eigenvalue weighted by Gasteiger charge is 2.46. The van der Waals surface area contributed by atoms with Crippen molar-refractivity contribution in [2.75, 3.05) is 0 Å². The second-order valence-electron chi connectivity index (χ2n) is 9.05. The number of carbonyl (C=O) groups is 1. The Kier molecular flexibility index (Phi) is 5.72. The Hall–Kier alpha value is -1.69. The molecule has 1 amide bonds. The smallest absolute Gasteiger partial charge is 0.220 e. The number of fused-ring (bicyclic) bond motifs is 1. The van der Waals surface area contributed by atoms with Gasteiger partial charge in [-0.3, -0.25) is 4.79 Å².